The minimum Gasteiger partial charge on any atom is -0.488 e. The van der Waals surface area contributed by atoms with Gasteiger partial charge in [0, 0.05) is 12.5 Å². The van der Waals surface area contributed by atoms with Crippen LogP contribution in [-0.4, -0.2) is 19.3 Å². The van der Waals surface area contributed by atoms with Gasteiger partial charge in [-0.15, -0.1) is 0 Å². The summed E-state index contributed by atoms with van der Waals surface area (Å²) in [6, 6.07) is 6.18. The molecule has 0 saturated carbocycles. The Bertz CT molecular complexity index is 282. The monoisotopic (exact) mass is 182 g/mol. The number of benzene rings is 1. The van der Waals surface area contributed by atoms with Crippen molar-refractivity contribution in [2.75, 3.05) is 13.2 Å². The molecule has 0 bridgehead atoms. The predicted octanol–water partition coefficient (Wildman–Crippen LogP) is 1.99. The Balaban J connectivity index is 2.00. The quantitative estimate of drug-likeness (QED) is 0.696. The highest BCUT2D eigenvalue weighted by Crippen LogP contribution is 2.17. The van der Waals surface area contributed by atoms with Crippen molar-refractivity contribution < 1.29 is 13.9 Å². The summed E-state index contributed by atoms with van der Waals surface area (Å²) in [6.45, 7) is 1.34. The topological polar surface area (TPSA) is 18.5 Å². The van der Waals surface area contributed by atoms with E-state index < -0.39 is 0 Å². The maximum absolute atomic E-state index is 12.7. The Morgan fingerprint density at radius 2 is 2.38 bits per heavy atom. The second kappa shape index (κ2) is 3.75. The van der Waals surface area contributed by atoms with Crippen molar-refractivity contribution in [1.29, 1.82) is 0 Å². The van der Waals surface area contributed by atoms with Gasteiger partial charge in [-0.05, 0) is 12.1 Å². The number of halogens is 1. The van der Waals surface area contributed by atoms with E-state index in [9.17, 15) is 4.39 Å². The molecule has 1 fully saturated rings. The molecule has 0 aromatic heterocycles. The third-order valence-corrected chi connectivity index (χ3v) is 1.99. The van der Waals surface area contributed by atoms with Gasteiger partial charge in [-0.1, -0.05) is 6.07 Å². The molecule has 3 heteroatoms. The Morgan fingerprint density at radius 1 is 1.46 bits per heavy atom. The molecule has 1 heterocycles. The van der Waals surface area contributed by atoms with Gasteiger partial charge < -0.3 is 9.47 Å². The highest BCUT2D eigenvalue weighted by atomic mass is 19.1. The van der Waals surface area contributed by atoms with Crippen LogP contribution >= 0.6 is 0 Å². The SMILES string of the molecule is Fc1cccc(OC2CCOC2)c1. The van der Waals surface area contributed by atoms with Gasteiger partial charge in [0.1, 0.15) is 17.7 Å². The van der Waals surface area contributed by atoms with E-state index in [4.69, 9.17) is 9.47 Å². The maximum Gasteiger partial charge on any atom is 0.126 e. The first-order valence-corrected chi connectivity index (χ1v) is 4.34. The van der Waals surface area contributed by atoms with E-state index in [2.05, 4.69) is 0 Å². The molecule has 1 aliphatic rings. The van der Waals surface area contributed by atoms with E-state index >= 15 is 0 Å². The van der Waals surface area contributed by atoms with Gasteiger partial charge in [0.25, 0.3) is 0 Å². The van der Waals surface area contributed by atoms with Crippen LogP contribution in [0.3, 0.4) is 0 Å². The average Bonchev–Trinajstić information content (AvgIpc) is 2.57. The first kappa shape index (κ1) is 8.51. The molecule has 1 unspecified atom stereocenters. The van der Waals surface area contributed by atoms with Crippen molar-refractivity contribution >= 4 is 0 Å². The van der Waals surface area contributed by atoms with E-state index in [-0.39, 0.29) is 11.9 Å². The van der Waals surface area contributed by atoms with Crippen LogP contribution in [0.5, 0.6) is 5.75 Å². The van der Waals surface area contributed by atoms with E-state index in [1.165, 1.54) is 12.1 Å². The molecule has 1 aromatic carbocycles. The van der Waals surface area contributed by atoms with Crippen molar-refractivity contribution in [2.24, 2.45) is 0 Å². The lowest BCUT2D eigenvalue weighted by Crippen LogP contribution is -2.15. The molecule has 0 aliphatic carbocycles. The number of ether oxygens (including phenoxy) is 2. The molecule has 0 amide bonds. The van der Waals surface area contributed by atoms with Crippen LogP contribution in [0.1, 0.15) is 6.42 Å². The molecule has 0 spiro atoms. The van der Waals surface area contributed by atoms with Crippen LogP contribution in [0.25, 0.3) is 0 Å². The Labute approximate surface area is 76.3 Å². The van der Waals surface area contributed by atoms with Crippen LogP contribution in [-0.2, 0) is 4.74 Å². The van der Waals surface area contributed by atoms with Crippen LogP contribution in [0.15, 0.2) is 24.3 Å². The van der Waals surface area contributed by atoms with E-state index in [0.29, 0.717) is 12.4 Å². The molecule has 1 aromatic rings. The summed E-state index contributed by atoms with van der Waals surface area (Å²) < 4.78 is 23.4. The minimum atomic E-state index is -0.267. The summed E-state index contributed by atoms with van der Waals surface area (Å²) in [6.07, 6.45) is 0.970. The normalized spacial score (nSPS) is 21.8. The Kier molecular flexibility index (Phi) is 2.45. The van der Waals surface area contributed by atoms with Gasteiger partial charge in [-0.3, -0.25) is 0 Å². The summed E-state index contributed by atoms with van der Waals surface area (Å²) >= 11 is 0. The third-order valence-electron chi connectivity index (χ3n) is 1.99. The largest absolute Gasteiger partial charge is 0.488 e. The van der Waals surface area contributed by atoms with Gasteiger partial charge >= 0.3 is 0 Å². The van der Waals surface area contributed by atoms with Gasteiger partial charge in [0.05, 0.1) is 13.2 Å². The molecule has 1 atom stereocenters. The van der Waals surface area contributed by atoms with Crippen molar-refractivity contribution in [2.45, 2.75) is 12.5 Å². The average molecular weight is 182 g/mol. The molecule has 0 N–H and O–H groups in total. The zero-order chi connectivity index (χ0) is 9.10. The van der Waals surface area contributed by atoms with Gasteiger partial charge in [0.2, 0.25) is 0 Å². The zero-order valence-electron chi connectivity index (χ0n) is 7.20. The van der Waals surface area contributed by atoms with Crippen LogP contribution in [0.2, 0.25) is 0 Å². The molecular weight excluding hydrogens is 171 g/mol. The fourth-order valence-corrected chi connectivity index (χ4v) is 1.34. The maximum atomic E-state index is 12.7. The highest BCUT2D eigenvalue weighted by molar-refractivity contribution is 5.22. The highest BCUT2D eigenvalue weighted by Gasteiger charge is 2.16. The fourth-order valence-electron chi connectivity index (χ4n) is 1.34. The lowest BCUT2D eigenvalue weighted by atomic mass is 10.3. The number of hydrogen-bond donors (Lipinski definition) is 0. The first-order chi connectivity index (χ1) is 6.34. The van der Waals surface area contributed by atoms with Crippen molar-refractivity contribution in [3.05, 3.63) is 30.1 Å². The van der Waals surface area contributed by atoms with E-state index in [1.54, 1.807) is 12.1 Å². The van der Waals surface area contributed by atoms with Crippen molar-refractivity contribution in [1.82, 2.24) is 0 Å². The first-order valence-electron chi connectivity index (χ1n) is 4.34. The summed E-state index contributed by atoms with van der Waals surface area (Å²) in [7, 11) is 0. The lowest BCUT2D eigenvalue weighted by Gasteiger charge is -2.11. The molecule has 70 valence electrons. The third kappa shape index (κ3) is 2.18. The van der Waals surface area contributed by atoms with E-state index in [0.717, 1.165) is 13.0 Å². The molecular formula is C10H11FO2. The summed E-state index contributed by atoms with van der Waals surface area (Å²) in [5, 5.41) is 0. The lowest BCUT2D eigenvalue weighted by molar-refractivity contribution is 0.141. The summed E-state index contributed by atoms with van der Waals surface area (Å²) in [5.41, 5.74) is 0. The van der Waals surface area contributed by atoms with Gasteiger partial charge in [0.15, 0.2) is 0 Å². The second-order valence-electron chi connectivity index (χ2n) is 3.06. The van der Waals surface area contributed by atoms with Crippen molar-refractivity contribution in [3.63, 3.8) is 0 Å². The smallest absolute Gasteiger partial charge is 0.126 e. The summed E-state index contributed by atoms with van der Waals surface area (Å²) in [5.74, 6) is 0.312. The zero-order valence-corrected chi connectivity index (χ0v) is 7.20. The molecule has 1 aliphatic heterocycles. The molecule has 0 radical (unpaired) electrons. The number of hydrogen-bond acceptors (Lipinski definition) is 2. The second-order valence-corrected chi connectivity index (χ2v) is 3.06. The predicted molar refractivity (Wildman–Crippen MR) is 46.3 cm³/mol. The standard InChI is InChI=1S/C10H11FO2/c11-8-2-1-3-9(6-8)13-10-4-5-12-7-10/h1-3,6,10H,4-5,7H2. The Hall–Kier alpha value is -1.09. The van der Waals surface area contributed by atoms with Crippen LogP contribution in [0.4, 0.5) is 4.39 Å². The molecule has 2 rings (SSSR count). The molecule has 13 heavy (non-hydrogen) atoms. The molecule has 2 nitrogen and oxygen atoms in total. The van der Waals surface area contributed by atoms with Crippen molar-refractivity contribution in [3.8, 4) is 5.75 Å². The summed E-state index contributed by atoms with van der Waals surface area (Å²) in [4.78, 5) is 0. The molecule has 1 saturated heterocycles. The van der Waals surface area contributed by atoms with Gasteiger partial charge in [-0.2, -0.15) is 0 Å². The minimum absolute atomic E-state index is 0.0850. The number of rotatable bonds is 2. The van der Waals surface area contributed by atoms with E-state index in [1.807, 2.05) is 0 Å². The fraction of sp³-hybridized carbons (Fsp3) is 0.400. The van der Waals surface area contributed by atoms with Gasteiger partial charge in [-0.25, -0.2) is 4.39 Å². The van der Waals surface area contributed by atoms with Crippen LogP contribution < -0.4 is 4.74 Å². The van der Waals surface area contributed by atoms with Crippen LogP contribution in [0, 0.1) is 5.82 Å². The Morgan fingerprint density at radius 3 is 3.08 bits per heavy atom.